The molecule has 1 aliphatic heterocycles. The maximum atomic E-state index is 15.9. The first-order valence-electron chi connectivity index (χ1n) is 22.0. The highest BCUT2D eigenvalue weighted by molar-refractivity contribution is 7.91. The summed E-state index contributed by atoms with van der Waals surface area (Å²) in [6.07, 6.45) is 5.39. The summed E-state index contributed by atoms with van der Waals surface area (Å²) in [6, 6.07) is 62.7. The third-order valence-corrected chi connectivity index (χ3v) is 15.1. The number of benzene rings is 7. The van der Waals surface area contributed by atoms with Gasteiger partial charge in [-0.3, -0.25) is 9.97 Å². The largest absolute Gasteiger partial charge is 0.264 e. The van der Waals surface area contributed by atoms with Crippen LogP contribution in [0.3, 0.4) is 0 Å². The SMILES string of the molecule is CC1(C)c2ccccc2-c2cc3c(cc21)S(=O)(=O)c1ccccc1-c1ccccc1-c1ccccc1-c1ccc(-c2cc(-c4ccc(-c5cccnc5)nc4)nc(-c4ccccc4)n2)cc1-3. The highest BCUT2D eigenvalue weighted by atomic mass is 32.2. The molecule has 0 bridgehead atoms. The van der Waals surface area contributed by atoms with Gasteiger partial charge < -0.3 is 0 Å². The number of hydrogen-bond acceptors (Lipinski definition) is 6. The fourth-order valence-electron chi connectivity index (χ4n) is 9.96. The van der Waals surface area contributed by atoms with Gasteiger partial charge in [-0.2, -0.15) is 0 Å². The van der Waals surface area contributed by atoms with Gasteiger partial charge in [0.05, 0.1) is 26.9 Å². The van der Waals surface area contributed by atoms with E-state index in [9.17, 15) is 0 Å². The minimum atomic E-state index is -4.17. The molecule has 0 saturated heterocycles. The van der Waals surface area contributed by atoms with E-state index in [4.69, 9.17) is 15.0 Å². The molecule has 10 aromatic rings. The van der Waals surface area contributed by atoms with Gasteiger partial charge in [-0.05, 0) is 110 Å². The second kappa shape index (κ2) is 15.3. The number of rotatable bonds is 4. The van der Waals surface area contributed by atoms with Crippen LogP contribution in [-0.4, -0.2) is 28.4 Å². The Kier molecular flexibility index (Phi) is 9.12. The molecule has 0 fully saturated rings. The van der Waals surface area contributed by atoms with Crippen molar-refractivity contribution < 1.29 is 8.42 Å². The van der Waals surface area contributed by atoms with Gasteiger partial charge in [-0.15, -0.1) is 0 Å². The summed E-state index contributed by atoms with van der Waals surface area (Å²) in [5, 5.41) is 0. The molecule has 7 heteroatoms. The van der Waals surface area contributed by atoms with Crippen molar-refractivity contribution in [3.63, 3.8) is 0 Å². The van der Waals surface area contributed by atoms with Gasteiger partial charge in [0, 0.05) is 57.4 Å². The summed E-state index contributed by atoms with van der Waals surface area (Å²) in [5.41, 5.74) is 16.3. The second-order valence-electron chi connectivity index (χ2n) is 17.4. The smallest absolute Gasteiger partial charge is 0.207 e. The second-order valence-corrected chi connectivity index (χ2v) is 19.3. The van der Waals surface area contributed by atoms with Crippen molar-refractivity contribution in [2.24, 2.45) is 0 Å². The van der Waals surface area contributed by atoms with Gasteiger partial charge in [-0.25, -0.2) is 18.4 Å². The summed E-state index contributed by atoms with van der Waals surface area (Å²) in [7, 11) is -4.17. The van der Waals surface area contributed by atoms with Crippen molar-refractivity contribution in [3.05, 3.63) is 218 Å². The first-order chi connectivity index (χ1) is 32.2. The molecule has 0 N–H and O–H groups in total. The Morgan fingerprint density at radius 3 is 1.64 bits per heavy atom. The summed E-state index contributed by atoms with van der Waals surface area (Å²) >= 11 is 0. The van der Waals surface area contributed by atoms with E-state index in [2.05, 4.69) is 97.7 Å². The zero-order valence-electron chi connectivity index (χ0n) is 36.1. The zero-order chi connectivity index (χ0) is 44.6. The third-order valence-electron chi connectivity index (χ3n) is 13.3. The predicted octanol–water partition coefficient (Wildman–Crippen LogP) is 14.1. The van der Waals surface area contributed by atoms with Crippen molar-refractivity contribution in [1.29, 1.82) is 0 Å². The first kappa shape index (κ1) is 39.5. The molecule has 0 amide bonds. The normalized spacial score (nSPS) is 13.7. The lowest BCUT2D eigenvalue weighted by molar-refractivity contribution is 0.596. The van der Waals surface area contributed by atoms with Gasteiger partial charge in [-0.1, -0.05) is 147 Å². The molecular formula is C59H40N4O2S. The molecule has 314 valence electrons. The first-order valence-corrected chi connectivity index (χ1v) is 23.5. The fourth-order valence-corrected chi connectivity index (χ4v) is 11.7. The monoisotopic (exact) mass is 868 g/mol. The zero-order valence-corrected chi connectivity index (χ0v) is 37.0. The minimum Gasteiger partial charge on any atom is -0.264 e. The highest BCUT2D eigenvalue weighted by Crippen LogP contribution is 2.54. The van der Waals surface area contributed by atoms with Crippen LogP contribution in [0.5, 0.6) is 0 Å². The Bertz CT molecular complexity index is 3680. The lowest BCUT2D eigenvalue weighted by Gasteiger charge is -2.24. The molecule has 6 nitrogen and oxygen atoms in total. The Balaban J connectivity index is 1.16. The van der Waals surface area contributed by atoms with Crippen LogP contribution < -0.4 is 0 Å². The van der Waals surface area contributed by atoms with Crippen molar-refractivity contribution in [3.8, 4) is 101 Å². The van der Waals surface area contributed by atoms with E-state index in [-0.39, 0.29) is 9.79 Å². The average Bonchev–Trinajstić information content (AvgIpc) is 3.60. The number of nitrogens with zero attached hydrogens (tertiary/aromatic N) is 4. The van der Waals surface area contributed by atoms with Crippen molar-refractivity contribution in [2.45, 2.75) is 29.1 Å². The molecule has 12 rings (SSSR count). The van der Waals surface area contributed by atoms with Crippen molar-refractivity contribution in [2.75, 3.05) is 0 Å². The Morgan fingerprint density at radius 1 is 0.379 bits per heavy atom. The fraction of sp³-hybridized carbons (Fsp3) is 0.0508. The van der Waals surface area contributed by atoms with Crippen LogP contribution >= 0.6 is 0 Å². The Hall–Kier alpha value is -8.13. The van der Waals surface area contributed by atoms with E-state index >= 15 is 8.42 Å². The van der Waals surface area contributed by atoms with Crippen LogP contribution in [-0.2, 0) is 15.3 Å². The van der Waals surface area contributed by atoms with E-state index in [1.165, 1.54) is 5.56 Å². The molecule has 0 atom stereocenters. The van der Waals surface area contributed by atoms with Gasteiger partial charge in [0.1, 0.15) is 0 Å². The summed E-state index contributed by atoms with van der Waals surface area (Å²) in [6.45, 7) is 4.38. The van der Waals surface area contributed by atoms with Crippen LogP contribution in [0.1, 0.15) is 25.0 Å². The number of hydrogen-bond donors (Lipinski definition) is 0. The van der Waals surface area contributed by atoms with Crippen molar-refractivity contribution in [1.82, 2.24) is 19.9 Å². The maximum absolute atomic E-state index is 15.9. The van der Waals surface area contributed by atoms with E-state index in [1.807, 2.05) is 109 Å². The molecule has 2 aliphatic rings. The van der Waals surface area contributed by atoms with E-state index in [0.29, 0.717) is 28.3 Å². The van der Waals surface area contributed by atoms with Crippen LogP contribution in [0.4, 0.5) is 0 Å². The quantitative estimate of drug-likeness (QED) is 0.175. The lowest BCUT2D eigenvalue weighted by atomic mass is 9.81. The third kappa shape index (κ3) is 6.34. The molecule has 1 aliphatic carbocycles. The van der Waals surface area contributed by atoms with Crippen LogP contribution in [0.2, 0.25) is 0 Å². The van der Waals surface area contributed by atoms with E-state index in [0.717, 1.165) is 78.0 Å². The van der Waals surface area contributed by atoms with E-state index in [1.54, 1.807) is 18.5 Å². The van der Waals surface area contributed by atoms with Gasteiger partial charge >= 0.3 is 0 Å². The van der Waals surface area contributed by atoms with Crippen LogP contribution in [0.25, 0.3) is 101 Å². The number of aromatic nitrogens is 4. The molecule has 3 aromatic heterocycles. The van der Waals surface area contributed by atoms with E-state index < -0.39 is 15.3 Å². The molecule has 4 heterocycles. The highest BCUT2D eigenvalue weighted by Gasteiger charge is 2.39. The molecular weight excluding hydrogens is 829 g/mol. The van der Waals surface area contributed by atoms with Gasteiger partial charge in [0.15, 0.2) is 5.82 Å². The summed E-state index contributed by atoms with van der Waals surface area (Å²) in [4.78, 5) is 20.0. The van der Waals surface area contributed by atoms with Gasteiger partial charge in [0.25, 0.3) is 0 Å². The number of pyridine rings is 2. The molecule has 0 unspecified atom stereocenters. The van der Waals surface area contributed by atoms with Crippen LogP contribution in [0, 0.1) is 0 Å². The standard InChI is InChI=1S/C59H40N4O2S/c1-59(2)51-24-12-10-22-46(51)49-32-50-48-31-38(54-34-55(63-58(62-54)37-15-4-3-5-16-37)40-27-29-53(61-36-40)39-17-14-30-60-35-39)26-28-45(48)43-20-7-6-18-41(43)42-19-8-9-21-44(42)47-23-11-13-25-56(47)66(64,65)57(50)33-52(49)59/h3-36H,1-2H3. The molecule has 0 saturated carbocycles. The van der Waals surface area contributed by atoms with Gasteiger partial charge in [0.2, 0.25) is 9.84 Å². The van der Waals surface area contributed by atoms with Crippen LogP contribution in [0.15, 0.2) is 216 Å². The average molecular weight is 869 g/mol. The maximum Gasteiger partial charge on any atom is 0.207 e. The Labute approximate surface area is 384 Å². The molecule has 7 aromatic carbocycles. The molecule has 66 heavy (non-hydrogen) atoms. The summed E-state index contributed by atoms with van der Waals surface area (Å²) in [5.74, 6) is 0.564. The Morgan fingerprint density at radius 2 is 0.955 bits per heavy atom. The molecule has 0 spiro atoms. The molecule has 0 radical (unpaired) electrons. The minimum absolute atomic E-state index is 0.262. The predicted molar refractivity (Wildman–Crippen MR) is 264 cm³/mol. The topological polar surface area (TPSA) is 85.7 Å². The van der Waals surface area contributed by atoms with Crippen molar-refractivity contribution >= 4 is 9.84 Å². The summed E-state index contributed by atoms with van der Waals surface area (Å²) < 4.78 is 31.7. The number of fused-ring (bicyclic) bond motifs is 12. The number of sulfone groups is 1. The lowest BCUT2D eigenvalue weighted by Crippen LogP contribution is -2.16.